The van der Waals surface area contributed by atoms with Crippen LogP contribution in [0.15, 0.2) is 57.2 Å². The first-order valence-electron chi connectivity index (χ1n) is 7.72. The highest BCUT2D eigenvalue weighted by Gasteiger charge is 2.15. The van der Waals surface area contributed by atoms with Gasteiger partial charge in [0.1, 0.15) is 11.3 Å². The zero-order chi connectivity index (χ0) is 18.3. The minimum absolute atomic E-state index is 0.243. The number of ether oxygens (including phenoxy) is 1. The predicted molar refractivity (Wildman–Crippen MR) is 102 cm³/mol. The van der Waals surface area contributed by atoms with Crippen molar-refractivity contribution < 1.29 is 4.74 Å². The van der Waals surface area contributed by atoms with Gasteiger partial charge in [0.25, 0.3) is 0 Å². The lowest BCUT2D eigenvalue weighted by Gasteiger charge is -2.01. The number of halogens is 1. The molecule has 7 nitrogen and oxygen atoms in total. The van der Waals surface area contributed by atoms with E-state index in [1.54, 1.807) is 42.5 Å². The third-order valence-corrected chi connectivity index (χ3v) is 4.24. The highest BCUT2D eigenvalue weighted by atomic mass is 35.5. The Kier molecular flexibility index (Phi) is 3.85. The van der Waals surface area contributed by atoms with E-state index in [4.69, 9.17) is 16.3 Å². The second-order valence-electron chi connectivity index (χ2n) is 5.60. The fourth-order valence-electron chi connectivity index (χ4n) is 2.85. The average Bonchev–Trinajstić information content (AvgIpc) is 3.00. The molecule has 2 N–H and O–H groups in total. The van der Waals surface area contributed by atoms with Gasteiger partial charge in [0.05, 0.1) is 29.7 Å². The molecule has 26 heavy (non-hydrogen) atoms. The van der Waals surface area contributed by atoms with Crippen LogP contribution in [0.5, 0.6) is 5.75 Å². The van der Waals surface area contributed by atoms with Gasteiger partial charge in [-0.25, -0.2) is 4.79 Å². The van der Waals surface area contributed by atoms with E-state index < -0.39 is 11.2 Å². The molecule has 0 aliphatic rings. The minimum Gasteiger partial charge on any atom is -0.496 e. The molecular formula is C18H13ClN4O3. The van der Waals surface area contributed by atoms with Gasteiger partial charge in [0, 0.05) is 5.02 Å². The molecule has 4 aromatic rings. The van der Waals surface area contributed by atoms with E-state index >= 15 is 0 Å². The first-order chi connectivity index (χ1) is 12.6. The van der Waals surface area contributed by atoms with Crippen molar-refractivity contribution in [2.45, 2.75) is 0 Å². The van der Waals surface area contributed by atoms with Gasteiger partial charge < -0.3 is 14.7 Å². The van der Waals surface area contributed by atoms with Crippen molar-refractivity contribution in [3.05, 3.63) is 73.9 Å². The largest absolute Gasteiger partial charge is 0.496 e. The third-order valence-electron chi connectivity index (χ3n) is 4.01. The van der Waals surface area contributed by atoms with E-state index in [-0.39, 0.29) is 5.52 Å². The normalized spacial score (nSPS) is 11.6. The Morgan fingerprint density at radius 3 is 2.69 bits per heavy atom. The summed E-state index contributed by atoms with van der Waals surface area (Å²) in [6.45, 7) is 0. The maximum absolute atomic E-state index is 12.7. The SMILES string of the molecule is COc1cccc2[nH]c3c(=O)n(/N=C/c4cccc(Cl)c4)c(=O)[nH]c3c12. The monoisotopic (exact) mass is 368 g/mol. The number of hydrogen-bond acceptors (Lipinski definition) is 4. The van der Waals surface area contributed by atoms with Crippen LogP contribution in [0.1, 0.15) is 5.56 Å². The third kappa shape index (κ3) is 2.58. The lowest BCUT2D eigenvalue weighted by atomic mass is 10.2. The number of nitrogens with zero attached hydrogens (tertiary/aromatic N) is 2. The second-order valence-corrected chi connectivity index (χ2v) is 6.04. The highest BCUT2D eigenvalue weighted by Crippen LogP contribution is 2.29. The van der Waals surface area contributed by atoms with E-state index in [0.717, 1.165) is 4.68 Å². The number of aromatic amines is 2. The van der Waals surface area contributed by atoms with Crippen LogP contribution in [-0.4, -0.2) is 28.0 Å². The Labute approximate surface area is 151 Å². The van der Waals surface area contributed by atoms with E-state index in [2.05, 4.69) is 15.1 Å². The molecule has 130 valence electrons. The van der Waals surface area contributed by atoms with Crippen LogP contribution in [0.2, 0.25) is 5.02 Å². The standard InChI is InChI=1S/C18H13ClN4O3/c1-26-13-7-3-6-12-14(13)15-16(21-12)17(24)23(18(25)22-15)20-9-10-4-2-5-11(19)8-10/h2-9,21H,1H3,(H,22,25)/b20-9+. The summed E-state index contributed by atoms with van der Waals surface area (Å²) in [6, 6.07) is 12.3. The summed E-state index contributed by atoms with van der Waals surface area (Å²) in [5.41, 5.74) is 0.785. The molecule has 0 saturated carbocycles. The van der Waals surface area contributed by atoms with Crippen LogP contribution in [0, 0.1) is 0 Å². The van der Waals surface area contributed by atoms with Crippen LogP contribution < -0.4 is 16.0 Å². The number of hydrogen-bond donors (Lipinski definition) is 2. The number of H-pyrrole nitrogens is 2. The van der Waals surface area contributed by atoms with Crippen molar-refractivity contribution in [2.24, 2.45) is 5.10 Å². The Balaban J connectivity index is 1.94. The smallest absolute Gasteiger partial charge is 0.350 e. The fourth-order valence-corrected chi connectivity index (χ4v) is 3.04. The molecule has 0 aliphatic carbocycles. The highest BCUT2D eigenvalue weighted by molar-refractivity contribution is 6.30. The van der Waals surface area contributed by atoms with Gasteiger partial charge in [-0.05, 0) is 29.8 Å². The molecule has 0 amide bonds. The van der Waals surface area contributed by atoms with Crippen molar-refractivity contribution >= 4 is 39.8 Å². The van der Waals surface area contributed by atoms with Gasteiger partial charge in [0.2, 0.25) is 0 Å². The quantitative estimate of drug-likeness (QED) is 0.544. The van der Waals surface area contributed by atoms with Gasteiger partial charge >= 0.3 is 11.2 Å². The van der Waals surface area contributed by atoms with Crippen LogP contribution in [0.25, 0.3) is 21.9 Å². The molecule has 0 fully saturated rings. The first kappa shape index (κ1) is 16.2. The molecule has 8 heteroatoms. The Morgan fingerprint density at radius 2 is 1.92 bits per heavy atom. The van der Waals surface area contributed by atoms with Gasteiger partial charge in [-0.1, -0.05) is 29.8 Å². The van der Waals surface area contributed by atoms with Gasteiger partial charge in [-0.3, -0.25) is 4.79 Å². The van der Waals surface area contributed by atoms with Crippen molar-refractivity contribution in [1.29, 1.82) is 0 Å². The molecule has 0 aliphatic heterocycles. The summed E-state index contributed by atoms with van der Waals surface area (Å²) in [5.74, 6) is 0.559. The van der Waals surface area contributed by atoms with Gasteiger partial charge in [-0.2, -0.15) is 5.10 Å². The Morgan fingerprint density at radius 1 is 1.12 bits per heavy atom. The van der Waals surface area contributed by atoms with E-state index in [1.165, 1.54) is 13.3 Å². The second kappa shape index (κ2) is 6.20. The number of benzene rings is 2. The number of fused-ring (bicyclic) bond motifs is 3. The molecular weight excluding hydrogens is 356 g/mol. The summed E-state index contributed by atoms with van der Waals surface area (Å²) < 4.78 is 6.10. The number of aromatic nitrogens is 3. The topological polar surface area (TPSA) is 92.2 Å². The predicted octanol–water partition coefficient (Wildman–Crippen LogP) is 2.72. The van der Waals surface area contributed by atoms with E-state index in [0.29, 0.717) is 32.8 Å². The molecule has 2 aromatic heterocycles. The summed E-state index contributed by atoms with van der Waals surface area (Å²) in [6.07, 6.45) is 1.40. The lowest BCUT2D eigenvalue weighted by Crippen LogP contribution is -2.32. The zero-order valence-corrected chi connectivity index (χ0v) is 14.4. The average molecular weight is 369 g/mol. The van der Waals surface area contributed by atoms with Crippen LogP contribution in [0.4, 0.5) is 0 Å². The number of rotatable bonds is 3. The maximum Gasteiger partial charge on any atom is 0.350 e. The molecule has 2 aromatic carbocycles. The molecule has 0 atom stereocenters. The maximum atomic E-state index is 12.7. The molecule has 0 spiro atoms. The van der Waals surface area contributed by atoms with Crippen molar-refractivity contribution in [3.8, 4) is 5.75 Å². The minimum atomic E-state index is -0.646. The van der Waals surface area contributed by atoms with Crippen molar-refractivity contribution in [3.63, 3.8) is 0 Å². The summed E-state index contributed by atoms with van der Waals surface area (Å²) in [5, 5.41) is 5.18. The molecule has 4 rings (SSSR count). The molecule has 0 unspecified atom stereocenters. The Bertz CT molecular complexity index is 1280. The number of nitrogens with one attached hydrogen (secondary N) is 2. The van der Waals surface area contributed by atoms with Gasteiger partial charge in [0.15, 0.2) is 0 Å². The van der Waals surface area contributed by atoms with Crippen molar-refractivity contribution in [1.82, 2.24) is 14.6 Å². The van der Waals surface area contributed by atoms with Gasteiger partial charge in [-0.15, -0.1) is 4.68 Å². The summed E-state index contributed by atoms with van der Waals surface area (Å²) in [7, 11) is 1.53. The zero-order valence-electron chi connectivity index (χ0n) is 13.6. The van der Waals surface area contributed by atoms with E-state index in [1.807, 2.05) is 0 Å². The molecule has 2 heterocycles. The molecule has 0 bridgehead atoms. The van der Waals surface area contributed by atoms with E-state index in [9.17, 15) is 9.59 Å². The molecule has 0 radical (unpaired) electrons. The van der Waals surface area contributed by atoms with Crippen molar-refractivity contribution in [2.75, 3.05) is 7.11 Å². The number of methoxy groups -OCH3 is 1. The lowest BCUT2D eigenvalue weighted by molar-refractivity contribution is 0.420. The first-order valence-corrected chi connectivity index (χ1v) is 8.10. The Hall–Kier alpha value is -3.32. The molecule has 0 saturated heterocycles. The summed E-state index contributed by atoms with van der Waals surface area (Å²) in [4.78, 5) is 30.9. The van der Waals surface area contributed by atoms with Crippen LogP contribution >= 0.6 is 11.6 Å². The fraction of sp³-hybridized carbons (Fsp3) is 0.0556. The van der Waals surface area contributed by atoms with Crippen LogP contribution in [0.3, 0.4) is 0 Å². The summed E-state index contributed by atoms with van der Waals surface area (Å²) >= 11 is 5.93. The van der Waals surface area contributed by atoms with Crippen LogP contribution in [-0.2, 0) is 0 Å².